The quantitative estimate of drug-likeness (QED) is 0.669. The standard InChI is InChI=1S/C22H32N6O2S/c1-6-28(22(30)25-13(2)11-26(3)4)21(29)15-7-14-8-16-17(10-23)20(24)31-19(16)9-18(14)27(5)12-15/h7,13,15,18H,6,8-9,11-12,24H2,1-5H3,(H,25,30)/t13-,15+,18+/m0/s1. The number of amides is 3. The molecule has 0 saturated heterocycles. The molecule has 3 atom stereocenters. The fraction of sp³-hybridized carbons (Fsp3) is 0.591. The van der Waals surface area contributed by atoms with E-state index < -0.39 is 5.92 Å². The van der Waals surface area contributed by atoms with Gasteiger partial charge in [0.2, 0.25) is 5.91 Å². The molecule has 3 rings (SSSR count). The molecule has 1 aromatic heterocycles. The monoisotopic (exact) mass is 444 g/mol. The van der Waals surface area contributed by atoms with E-state index in [1.165, 1.54) is 16.2 Å². The largest absolute Gasteiger partial charge is 0.389 e. The van der Waals surface area contributed by atoms with Crippen molar-refractivity contribution in [2.24, 2.45) is 5.92 Å². The van der Waals surface area contributed by atoms with Crippen molar-refractivity contribution in [2.75, 3.05) is 46.5 Å². The number of fused-ring (bicyclic) bond motifs is 2. The molecule has 8 nitrogen and oxygen atoms in total. The summed E-state index contributed by atoms with van der Waals surface area (Å²) in [6, 6.07) is 2.01. The molecule has 0 radical (unpaired) electrons. The number of carbonyl (C=O) groups is 2. The van der Waals surface area contributed by atoms with Gasteiger partial charge in [-0.15, -0.1) is 11.3 Å². The first kappa shape index (κ1) is 23.3. The topological polar surface area (TPSA) is 106 Å². The Kier molecular flexibility index (Phi) is 7.04. The highest BCUT2D eigenvalue weighted by atomic mass is 32.1. The van der Waals surface area contributed by atoms with E-state index >= 15 is 0 Å². The van der Waals surface area contributed by atoms with Crippen LogP contribution in [0.25, 0.3) is 0 Å². The average molecular weight is 445 g/mol. The molecule has 3 amide bonds. The van der Waals surface area contributed by atoms with Crippen LogP contribution in [0.4, 0.5) is 9.80 Å². The zero-order valence-corrected chi connectivity index (χ0v) is 19.8. The van der Waals surface area contributed by atoms with Crippen molar-refractivity contribution in [2.45, 2.75) is 38.8 Å². The summed E-state index contributed by atoms with van der Waals surface area (Å²) in [5.41, 5.74) is 8.74. The van der Waals surface area contributed by atoms with Gasteiger partial charge in [0, 0.05) is 43.0 Å². The highest BCUT2D eigenvalue weighted by molar-refractivity contribution is 7.16. The zero-order valence-electron chi connectivity index (χ0n) is 18.9. The lowest BCUT2D eigenvalue weighted by molar-refractivity contribution is -0.131. The number of nitrogens with two attached hydrogens (primary N) is 1. The van der Waals surface area contributed by atoms with Crippen molar-refractivity contribution >= 4 is 28.3 Å². The van der Waals surface area contributed by atoms with Crippen molar-refractivity contribution in [1.29, 1.82) is 5.26 Å². The molecular formula is C22H32N6O2S. The van der Waals surface area contributed by atoms with Crippen molar-refractivity contribution < 1.29 is 9.59 Å². The molecule has 3 N–H and O–H groups in total. The van der Waals surface area contributed by atoms with Crippen molar-refractivity contribution in [1.82, 2.24) is 20.0 Å². The van der Waals surface area contributed by atoms with Gasteiger partial charge in [0.25, 0.3) is 0 Å². The number of likely N-dealkylation sites (N-methyl/N-ethyl adjacent to an activating group) is 2. The van der Waals surface area contributed by atoms with Gasteiger partial charge in [-0.1, -0.05) is 11.6 Å². The van der Waals surface area contributed by atoms with Gasteiger partial charge in [0.1, 0.15) is 11.1 Å². The van der Waals surface area contributed by atoms with E-state index in [1.54, 1.807) is 0 Å². The number of nitrogens with zero attached hydrogens (tertiary/aromatic N) is 4. The molecular weight excluding hydrogens is 412 g/mol. The number of imide groups is 1. The number of carbonyl (C=O) groups excluding carboxylic acids is 2. The molecule has 1 aliphatic carbocycles. The SMILES string of the molecule is CCN(C(=O)N[C@@H](C)CN(C)C)C(=O)[C@@H]1C=C2Cc3c(sc(N)c3C#N)C[C@H]2N(C)C1. The first-order valence-electron chi connectivity index (χ1n) is 10.6. The molecule has 0 fully saturated rings. The summed E-state index contributed by atoms with van der Waals surface area (Å²) in [6.07, 6.45) is 3.45. The third-order valence-corrected chi connectivity index (χ3v) is 7.09. The van der Waals surface area contributed by atoms with Gasteiger partial charge in [-0.25, -0.2) is 4.79 Å². The molecule has 2 heterocycles. The molecule has 9 heteroatoms. The van der Waals surface area contributed by atoms with Gasteiger partial charge in [0.05, 0.1) is 11.5 Å². The van der Waals surface area contributed by atoms with Crippen LogP contribution in [-0.4, -0.2) is 79.5 Å². The Morgan fingerprint density at radius 3 is 2.77 bits per heavy atom. The number of urea groups is 1. The van der Waals surface area contributed by atoms with E-state index in [9.17, 15) is 14.9 Å². The van der Waals surface area contributed by atoms with Crippen LogP contribution in [0.5, 0.6) is 0 Å². The van der Waals surface area contributed by atoms with Gasteiger partial charge < -0.3 is 16.0 Å². The predicted octanol–water partition coefficient (Wildman–Crippen LogP) is 1.67. The van der Waals surface area contributed by atoms with E-state index in [2.05, 4.69) is 16.3 Å². The van der Waals surface area contributed by atoms with Crippen LogP contribution in [0.3, 0.4) is 0 Å². The number of anilines is 1. The smallest absolute Gasteiger partial charge is 0.324 e. The molecule has 0 aromatic carbocycles. The summed E-state index contributed by atoms with van der Waals surface area (Å²) in [7, 11) is 5.90. The molecule has 0 saturated carbocycles. The number of rotatable bonds is 5. The number of hydrogen-bond donors (Lipinski definition) is 2. The lowest BCUT2D eigenvalue weighted by Crippen LogP contribution is -2.53. The van der Waals surface area contributed by atoms with Gasteiger partial charge in [0.15, 0.2) is 0 Å². The Morgan fingerprint density at radius 2 is 2.16 bits per heavy atom. The fourth-order valence-electron chi connectivity index (χ4n) is 4.63. The summed E-state index contributed by atoms with van der Waals surface area (Å²) in [4.78, 5) is 32.7. The van der Waals surface area contributed by atoms with E-state index in [0.29, 0.717) is 36.6 Å². The Morgan fingerprint density at radius 1 is 1.45 bits per heavy atom. The molecule has 0 bridgehead atoms. The molecule has 1 aliphatic heterocycles. The molecule has 168 valence electrons. The number of nitrogen functional groups attached to an aromatic ring is 1. The summed E-state index contributed by atoms with van der Waals surface area (Å²) in [5.74, 6) is -0.583. The maximum atomic E-state index is 13.3. The van der Waals surface area contributed by atoms with Gasteiger partial charge in [-0.3, -0.25) is 14.6 Å². The van der Waals surface area contributed by atoms with E-state index in [1.807, 2.05) is 46.0 Å². The maximum absolute atomic E-state index is 13.3. The van der Waals surface area contributed by atoms with Crippen LogP contribution in [0.15, 0.2) is 11.6 Å². The van der Waals surface area contributed by atoms with E-state index in [-0.39, 0.29) is 24.0 Å². The Hall–Kier alpha value is -2.41. The lowest BCUT2D eigenvalue weighted by Gasteiger charge is -2.40. The van der Waals surface area contributed by atoms with Gasteiger partial charge in [-0.05, 0) is 47.0 Å². The summed E-state index contributed by atoms with van der Waals surface area (Å²) < 4.78 is 0. The molecule has 0 spiro atoms. The molecule has 1 aromatic rings. The van der Waals surface area contributed by atoms with Crippen molar-refractivity contribution in [3.63, 3.8) is 0 Å². The lowest BCUT2D eigenvalue weighted by atomic mass is 9.81. The van der Waals surface area contributed by atoms with Crippen molar-refractivity contribution in [3.05, 3.63) is 27.7 Å². The third kappa shape index (κ3) is 4.76. The molecule has 2 aliphatic rings. The van der Waals surface area contributed by atoms with Crippen LogP contribution in [0.2, 0.25) is 0 Å². The minimum atomic E-state index is -0.394. The Labute approximate surface area is 188 Å². The van der Waals surface area contributed by atoms with Crippen molar-refractivity contribution in [3.8, 4) is 6.07 Å². The highest BCUT2D eigenvalue weighted by Crippen LogP contribution is 2.40. The van der Waals surface area contributed by atoms with Gasteiger partial charge >= 0.3 is 6.03 Å². The minimum Gasteiger partial charge on any atom is -0.389 e. The predicted molar refractivity (Wildman–Crippen MR) is 123 cm³/mol. The van der Waals surface area contributed by atoms with Gasteiger partial charge in [-0.2, -0.15) is 5.26 Å². The van der Waals surface area contributed by atoms with Crippen LogP contribution < -0.4 is 11.1 Å². The minimum absolute atomic E-state index is 0.0636. The van der Waals surface area contributed by atoms with E-state index in [4.69, 9.17) is 5.73 Å². The van der Waals surface area contributed by atoms with Crippen LogP contribution in [0, 0.1) is 17.2 Å². The second-order valence-electron chi connectivity index (χ2n) is 8.73. The normalized spacial score (nSPS) is 21.5. The second kappa shape index (κ2) is 9.39. The first-order valence-corrected chi connectivity index (χ1v) is 11.4. The molecule has 31 heavy (non-hydrogen) atoms. The number of nitriles is 1. The third-order valence-electron chi connectivity index (χ3n) is 6.00. The first-order chi connectivity index (χ1) is 14.7. The van der Waals surface area contributed by atoms with Crippen LogP contribution >= 0.6 is 11.3 Å². The number of nitrogens with one attached hydrogen (secondary N) is 1. The number of hydrogen-bond acceptors (Lipinski definition) is 7. The highest BCUT2D eigenvalue weighted by Gasteiger charge is 2.38. The maximum Gasteiger partial charge on any atom is 0.324 e. The van der Waals surface area contributed by atoms with E-state index in [0.717, 1.165) is 22.4 Å². The fourth-order valence-corrected chi connectivity index (χ4v) is 5.70. The Balaban J connectivity index is 1.79. The van der Waals surface area contributed by atoms with Crippen LogP contribution in [0.1, 0.15) is 29.9 Å². The summed E-state index contributed by atoms with van der Waals surface area (Å²) in [6.45, 7) is 5.32. The average Bonchev–Trinajstić information content (AvgIpc) is 3.00. The zero-order chi connectivity index (χ0) is 22.9. The summed E-state index contributed by atoms with van der Waals surface area (Å²) in [5, 5.41) is 13.0. The molecule has 0 unspecified atom stereocenters. The number of thiophene rings is 1. The Bertz CT molecular complexity index is 931. The second-order valence-corrected chi connectivity index (χ2v) is 9.87. The van der Waals surface area contributed by atoms with Crippen LogP contribution in [-0.2, 0) is 17.6 Å². The summed E-state index contributed by atoms with van der Waals surface area (Å²) >= 11 is 1.50.